The summed E-state index contributed by atoms with van der Waals surface area (Å²) in [6, 6.07) is 16.1. The van der Waals surface area contributed by atoms with Crippen molar-refractivity contribution >= 4 is 35.6 Å². The number of guanidine groups is 1. The molecule has 2 heterocycles. The highest BCUT2D eigenvalue weighted by molar-refractivity contribution is 14.0. The molecule has 180 valence electrons. The number of benzene rings is 2. The number of phenols is 1. The van der Waals surface area contributed by atoms with Crippen LogP contribution in [0.4, 0.5) is 5.69 Å². The van der Waals surface area contributed by atoms with Crippen LogP contribution < -0.4 is 10.2 Å². The van der Waals surface area contributed by atoms with E-state index in [4.69, 9.17) is 9.47 Å². The van der Waals surface area contributed by atoms with Gasteiger partial charge in [-0.05, 0) is 36.1 Å². The van der Waals surface area contributed by atoms with Crippen molar-refractivity contribution in [2.45, 2.75) is 32.1 Å². The molecule has 7 nitrogen and oxygen atoms in total. The van der Waals surface area contributed by atoms with Crippen LogP contribution in [0.25, 0.3) is 0 Å². The van der Waals surface area contributed by atoms with Crippen molar-refractivity contribution < 1.29 is 14.6 Å². The minimum Gasteiger partial charge on any atom is -0.506 e. The summed E-state index contributed by atoms with van der Waals surface area (Å²) in [4.78, 5) is 8.97. The fourth-order valence-corrected chi connectivity index (χ4v) is 4.21. The van der Waals surface area contributed by atoms with Crippen LogP contribution in [0.2, 0.25) is 0 Å². The summed E-state index contributed by atoms with van der Waals surface area (Å²) < 4.78 is 11.4. The minimum absolute atomic E-state index is 0. The van der Waals surface area contributed by atoms with Crippen molar-refractivity contribution in [1.82, 2.24) is 10.2 Å². The molecule has 33 heavy (non-hydrogen) atoms. The first-order chi connectivity index (χ1) is 15.7. The Bertz CT molecular complexity index is 879. The molecule has 0 aliphatic carbocycles. The van der Waals surface area contributed by atoms with Crippen LogP contribution in [-0.2, 0) is 22.6 Å². The SMILES string of the molecule is CN=C(NCc1ccc(COC2CCOCC2)cc1)N1CCN(c2ccccc2O)CC1.I. The van der Waals surface area contributed by atoms with Crippen molar-refractivity contribution in [2.75, 3.05) is 51.3 Å². The largest absolute Gasteiger partial charge is 0.506 e. The molecule has 2 fully saturated rings. The number of anilines is 1. The normalized spacial score (nSPS) is 17.5. The number of halogens is 1. The van der Waals surface area contributed by atoms with Crippen molar-refractivity contribution in [3.8, 4) is 5.75 Å². The Morgan fingerprint density at radius 2 is 1.70 bits per heavy atom. The molecule has 2 saturated heterocycles. The molecule has 0 bridgehead atoms. The van der Waals surface area contributed by atoms with Crippen LogP contribution in [0.15, 0.2) is 53.5 Å². The third kappa shape index (κ3) is 7.22. The second-order valence-electron chi connectivity index (χ2n) is 8.30. The number of phenolic OH excluding ortho intramolecular Hbond substituents is 1. The second kappa shape index (κ2) is 13.0. The van der Waals surface area contributed by atoms with E-state index in [0.29, 0.717) is 18.5 Å². The maximum absolute atomic E-state index is 10.1. The zero-order chi connectivity index (χ0) is 22.2. The number of hydrogen-bond acceptors (Lipinski definition) is 5. The third-order valence-electron chi connectivity index (χ3n) is 6.14. The van der Waals surface area contributed by atoms with Gasteiger partial charge in [0.15, 0.2) is 5.96 Å². The molecule has 0 aromatic heterocycles. The molecule has 2 N–H and O–H groups in total. The van der Waals surface area contributed by atoms with Crippen molar-refractivity contribution in [3.63, 3.8) is 0 Å². The summed E-state index contributed by atoms with van der Waals surface area (Å²) in [5.41, 5.74) is 3.31. The lowest BCUT2D eigenvalue weighted by atomic mass is 10.1. The maximum atomic E-state index is 10.1. The van der Waals surface area contributed by atoms with E-state index in [1.165, 1.54) is 11.1 Å². The molecule has 2 aromatic rings. The monoisotopic (exact) mass is 566 g/mol. The van der Waals surface area contributed by atoms with Gasteiger partial charge in [-0.3, -0.25) is 4.99 Å². The van der Waals surface area contributed by atoms with Crippen LogP contribution in [0.5, 0.6) is 5.75 Å². The van der Waals surface area contributed by atoms with Gasteiger partial charge in [-0.25, -0.2) is 0 Å². The van der Waals surface area contributed by atoms with E-state index in [9.17, 15) is 5.11 Å². The Balaban J connectivity index is 0.00000306. The van der Waals surface area contributed by atoms with Crippen molar-refractivity contribution in [3.05, 3.63) is 59.7 Å². The lowest BCUT2D eigenvalue weighted by Gasteiger charge is -2.37. The highest BCUT2D eigenvalue weighted by atomic mass is 127. The smallest absolute Gasteiger partial charge is 0.194 e. The number of aliphatic imine (C=N–C) groups is 1. The average Bonchev–Trinajstić information content (AvgIpc) is 2.85. The fraction of sp³-hybridized carbons (Fsp3) is 0.480. The molecule has 0 amide bonds. The lowest BCUT2D eigenvalue weighted by Crippen LogP contribution is -2.52. The van der Waals surface area contributed by atoms with Gasteiger partial charge in [0.25, 0.3) is 0 Å². The predicted octanol–water partition coefficient (Wildman–Crippen LogP) is 3.60. The zero-order valence-electron chi connectivity index (χ0n) is 19.3. The number of ether oxygens (including phenoxy) is 2. The molecular weight excluding hydrogens is 531 g/mol. The molecule has 0 atom stereocenters. The molecule has 2 aromatic carbocycles. The number of para-hydroxylation sites is 2. The molecule has 4 rings (SSSR count). The first kappa shape index (κ1) is 25.6. The first-order valence-corrected chi connectivity index (χ1v) is 11.5. The van der Waals surface area contributed by atoms with Crippen LogP contribution in [0.3, 0.4) is 0 Å². The summed E-state index contributed by atoms with van der Waals surface area (Å²) >= 11 is 0. The van der Waals surface area contributed by atoms with E-state index in [1.54, 1.807) is 6.07 Å². The summed E-state index contributed by atoms with van der Waals surface area (Å²) in [6.07, 6.45) is 2.30. The number of nitrogens with one attached hydrogen (secondary N) is 1. The molecule has 0 spiro atoms. The summed E-state index contributed by atoms with van der Waals surface area (Å²) in [7, 11) is 1.83. The molecule has 0 radical (unpaired) electrons. The number of aromatic hydroxyl groups is 1. The number of rotatable bonds is 6. The van der Waals surface area contributed by atoms with Gasteiger partial charge in [-0.2, -0.15) is 0 Å². The topological polar surface area (TPSA) is 69.6 Å². The third-order valence-corrected chi connectivity index (χ3v) is 6.14. The van der Waals surface area contributed by atoms with E-state index < -0.39 is 0 Å². The second-order valence-corrected chi connectivity index (χ2v) is 8.30. The Morgan fingerprint density at radius 1 is 1.03 bits per heavy atom. The van der Waals surface area contributed by atoms with Crippen LogP contribution in [-0.4, -0.2) is 68.5 Å². The van der Waals surface area contributed by atoms with Crippen LogP contribution >= 0.6 is 24.0 Å². The standard InChI is InChI=1S/C25H34N4O3.HI/c1-26-25(29-14-12-28(13-15-29)23-4-2-3-5-24(23)30)27-18-20-6-8-21(9-7-20)19-32-22-10-16-31-17-11-22;/h2-9,22,30H,10-19H2,1H3,(H,26,27);1H. The maximum Gasteiger partial charge on any atom is 0.194 e. The lowest BCUT2D eigenvalue weighted by molar-refractivity contribution is -0.0390. The Labute approximate surface area is 213 Å². The summed E-state index contributed by atoms with van der Waals surface area (Å²) in [6.45, 7) is 6.41. The van der Waals surface area contributed by atoms with Gasteiger partial charge in [0.2, 0.25) is 0 Å². The predicted molar refractivity (Wildman–Crippen MR) is 143 cm³/mol. The quantitative estimate of drug-likeness (QED) is 0.317. The van der Waals surface area contributed by atoms with Crippen molar-refractivity contribution in [2.24, 2.45) is 4.99 Å². The molecule has 2 aliphatic heterocycles. The van der Waals surface area contributed by atoms with Crippen LogP contribution in [0, 0.1) is 0 Å². The number of nitrogens with zero attached hydrogens (tertiary/aromatic N) is 3. The van der Waals surface area contributed by atoms with Gasteiger partial charge in [0.05, 0.1) is 18.4 Å². The molecule has 0 saturated carbocycles. The van der Waals surface area contributed by atoms with Gasteiger partial charge < -0.3 is 29.7 Å². The first-order valence-electron chi connectivity index (χ1n) is 11.5. The average molecular weight is 566 g/mol. The van der Waals surface area contributed by atoms with E-state index in [-0.39, 0.29) is 24.0 Å². The van der Waals surface area contributed by atoms with E-state index in [1.807, 2.05) is 25.2 Å². The Kier molecular flexibility index (Phi) is 10.1. The zero-order valence-corrected chi connectivity index (χ0v) is 21.6. The summed E-state index contributed by atoms with van der Waals surface area (Å²) in [5, 5.41) is 13.6. The molecule has 0 unspecified atom stereocenters. The molecule has 2 aliphatic rings. The highest BCUT2D eigenvalue weighted by Gasteiger charge is 2.21. The summed E-state index contributed by atoms with van der Waals surface area (Å²) in [5.74, 6) is 1.25. The van der Waals surface area contributed by atoms with E-state index >= 15 is 0 Å². The highest BCUT2D eigenvalue weighted by Crippen LogP contribution is 2.27. The fourth-order valence-electron chi connectivity index (χ4n) is 4.21. The van der Waals surface area contributed by atoms with E-state index in [2.05, 4.69) is 44.4 Å². The Hall–Kier alpha value is -2.04. The van der Waals surface area contributed by atoms with Gasteiger partial charge >= 0.3 is 0 Å². The Morgan fingerprint density at radius 3 is 2.36 bits per heavy atom. The molecule has 8 heteroatoms. The minimum atomic E-state index is 0. The van der Waals surface area contributed by atoms with Crippen LogP contribution in [0.1, 0.15) is 24.0 Å². The number of hydrogen-bond donors (Lipinski definition) is 2. The van der Waals surface area contributed by atoms with Gasteiger partial charge in [-0.1, -0.05) is 36.4 Å². The van der Waals surface area contributed by atoms with Gasteiger partial charge in [0, 0.05) is 53.0 Å². The van der Waals surface area contributed by atoms with Crippen molar-refractivity contribution in [1.29, 1.82) is 0 Å². The molecular formula is C25H35IN4O3. The number of piperazine rings is 1. The van der Waals surface area contributed by atoms with Gasteiger partial charge in [-0.15, -0.1) is 24.0 Å². The van der Waals surface area contributed by atoms with E-state index in [0.717, 1.165) is 70.4 Å². The van der Waals surface area contributed by atoms with Gasteiger partial charge in [0.1, 0.15) is 5.75 Å².